The number of halogens is 1. The first-order chi connectivity index (χ1) is 12.1. The van der Waals surface area contributed by atoms with Gasteiger partial charge in [-0.05, 0) is 30.2 Å². The number of piperazine rings is 1. The van der Waals surface area contributed by atoms with Crippen LogP contribution in [0.3, 0.4) is 0 Å². The molecule has 6 heteroatoms. The van der Waals surface area contributed by atoms with Crippen molar-refractivity contribution in [2.75, 3.05) is 26.2 Å². The van der Waals surface area contributed by atoms with Gasteiger partial charge in [0.25, 0.3) is 5.91 Å². The highest BCUT2D eigenvalue weighted by atomic mass is 19.1. The van der Waals surface area contributed by atoms with E-state index >= 15 is 0 Å². The Kier molecular flexibility index (Phi) is 5.38. The van der Waals surface area contributed by atoms with E-state index in [9.17, 15) is 14.0 Å². The van der Waals surface area contributed by atoms with E-state index in [1.165, 1.54) is 6.07 Å². The van der Waals surface area contributed by atoms with E-state index < -0.39 is 0 Å². The lowest BCUT2D eigenvalue weighted by atomic mass is 10.1. The van der Waals surface area contributed by atoms with Crippen molar-refractivity contribution in [3.63, 3.8) is 0 Å². The normalized spacial score (nSPS) is 14.4. The Morgan fingerprint density at radius 3 is 2.32 bits per heavy atom. The molecule has 5 nitrogen and oxygen atoms in total. The molecule has 1 aliphatic rings. The third kappa shape index (κ3) is 4.21. The SMILES string of the molecule is O=C(CCc1ccccc1F)N1CCN(C(=O)c2ccccn2)CC1. The fraction of sp³-hybridized carbons (Fsp3) is 0.316. The maximum Gasteiger partial charge on any atom is 0.272 e. The molecule has 130 valence electrons. The van der Waals surface area contributed by atoms with Crippen LogP contribution < -0.4 is 0 Å². The van der Waals surface area contributed by atoms with Crippen LogP contribution in [0.25, 0.3) is 0 Å². The second-order valence-electron chi connectivity index (χ2n) is 5.98. The van der Waals surface area contributed by atoms with Crippen molar-refractivity contribution in [3.05, 3.63) is 65.7 Å². The summed E-state index contributed by atoms with van der Waals surface area (Å²) >= 11 is 0. The van der Waals surface area contributed by atoms with Gasteiger partial charge in [0.1, 0.15) is 11.5 Å². The van der Waals surface area contributed by atoms with Gasteiger partial charge in [-0.15, -0.1) is 0 Å². The van der Waals surface area contributed by atoms with Crippen LogP contribution in [0.1, 0.15) is 22.5 Å². The molecule has 0 atom stereocenters. The summed E-state index contributed by atoms with van der Waals surface area (Å²) in [7, 11) is 0. The maximum absolute atomic E-state index is 13.6. The third-order valence-electron chi connectivity index (χ3n) is 4.37. The highest BCUT2D eigenvalue weighted by Gasteiger charge is 2.25. The van der Waals surface area contributed by atoms with Gasteiger partial charge in [-0.3, -0.25) is 14.6 Å². The number of rotatable bonds is 4. The molecule has 2 heterocycles. The first-order valence-electron chi connectivity index (χ1n) is 8.36. The fourth-order valence-electron chi connectivity index (χ4n) is 2.91. The van der Waals surface area contributed by atoms with Crippen LogP contribution in [0, 0.1) is 5.82 Å². The van der Waals surface area contributed by atoms with Crippen molar-refractivity contribution in [2.45, 2.75) is 12.8 Å². The molecule has 1 saturated heterocycles. The smallest absolute Gasteiger partial charge is 0.272 e. The number of amides is 2. The molecule has 1 fully saturated rings. The number of pyridine rings is 1. The van der Waals surface area contributed by atoms with Crippen molar-refractivity contribution in [1.82, 2.24) is 14.8 Å². The van der Waals surface area contributed by atoms with Gasteiger partial charge in [-0.2, -0.15) is 0 Å². The summed E-state index contributed by atoms with van der Waals surface area (Å²) in [5, 5.41) is 0. The lowest BCUT2D eigenvalue weighted by Crippen LogP contribution is -2.50. The Hall–Kier alpha value is -2.76. The van der Waals surface area contributed by atoms with Gasteiger partial charge in [-0.1, -0.05) is 24.3 Å². The van der Waals surface area contributed by atoms with Gasteiger partial charge in [-0.25, -0.2) is 4.39 Å². The Labute approximate surface area is 146 Å². The first kappa shape index (κ1) is 17.1. The Balaban J connectivity index is 1.49. The second kappa shape index (κ2) is 7.88. The van der Waals surface area contributed by atoms with Crippen molar-refractivity contribution < 1.29 is 14.0 Å². The van der Waals surface area contributed by atoms with Crippen LogP contribution in [0.5, 0.6) is 0 Å². The molecular formula is C19H20FN3O2. The van der Waals surface area contributed by atoms with Crippen LogP contribution >= 0.6 is 0 Å². The summed E-state index contributed by atoms with van der Waals surface area (Å²) in [6.45, 7) is 1.96. The van der Waals surface area contributed by atoms with E-state index in [2.05, 4.69) is 4.98 Å². The number of hydrogen-bond acceptors (Lipinski definition) is 3. The Bertz CT molecular complexity index is 743. The maximum atomic E-state index is 13.6. The van der Waals surface area contributed by atoms with Gasteiger partial charge in [0.15, 0.2) is 0 Å². The molecule has 0 unspecified atom stereocenters. The Morgan fingerprint density at radius 2 is 1.64 bits per heavy atom. The van der Waals surface area contributed by atoms with Crippen molar-refractivity contribution in [1.29, 1.82) is 0 Å². The molecule has 25 heavy (non-hydrogen) atoms. The number of carbonyl (C=O) groups is 2. The third-order valence-corrected chi connectivity index (χ3v) is 4.37. The summed E-state index contributed by atoms with van der Waals surface area (Å²) in [5.41, 5.74) is 0.974. The molecule has 3 rings (SSSR count). The van der Waals surface area contributed by atoms with E-state index in [0.29, 0.717) is 43.9 Å². The van der Waals surface area contributed by atoms with E-state index in [4.69, 9.17) is 0 Å². The highest BCUT2D eigenvalue weighted by Crippen LogP contribution is 2.12. The van der Waals surface area contributed by atoms with Gasteiger partial charge in [0, 0.05) is 38.8 Å². The number of aryl methyl sites for hydroxylation is 1. The molecule has 0 spiro atoms. The highest BCUT2D eigenvalue weighted by molar-refractivity contribution is 5.92. The zero-order chi connectivity index (χ0) is 17.6. The largest absolute Gasteiger partial charge is 0.339 e. The van der Waals surface area contributed by atoms with Gasteiger partial charge in [0.05, 0.1) is 0 Å². The van der Waals surface area contributed by atoms with Crippen LogP contribution in [-0.2, 0) is 11.2 Å². The number of carbonyl (C=O) groups excluding carboxylic acids is 2. The van der Waals surface area contributed by atoms with Crippen LogP contribution in [-0.4, -0.2) is 52.8 Å². The molecule has 0 bridgehead atoms. The predicted octanol–water partition coefficient (Wildman–Crippen LogP) is 2.14. The molecule has 0 aliphatic carbocycles. The number of aromatic nitrogens is 1. The average Bonchev–Trinajstić information content (AvgIpc) is 2.67. The minimum absolute atomic E-state index is 0.00631. The van der Waals surface area contributed by atoms with Gasteiger partial charge < -0.3 is 9.80 Å². The molecule has 1 aliphatic heterocycles. The van der Waals surface area contributed by atoms with E-state index in [1.54, 1.807) is 52.4 Å². The minimum Gasteiger partial charge on any atom is -0.339 e. The molecule has 1 aromatic carbocycles. The number of hydrogen-bond donors (Lipinski definition) is 0. The van der Waals surface area contributed by atoms with Gasteiger partial charge in [0.2, 0.25) is 5.91 Å². The topological polar surface area (TPSA) is 53.5 Å². The summed E-state index contributed by atoms with van der Waals surface area (Å²) in [5.74, 6) is -0.395. The first-order valence-corrected chi connectivity index (χ1v) is 8.36. The summed E-state index contributed by atoms with van der Waals surface area (Å²) in [4.78, 5) is 32.2. The summed E-state index contributed by atoms with van der Waals surface area (Å²) in [6, 6.07) is 11.7. The molecule has 0 saturated carbocycles. The molecule has 2 aromatic rings. The second-order valence-corrected chi connectivity index (χ2v) is 5.98. The number of nitrogens with zero attached hydrogens (tertiary/aromatic N) is 3. The van der Waals surface area contributed by atoms with E-state index in [1.807, 2.05) is 0 Å². The van der Waals surface area contributed by atoms with Crippen molar-refractivity contribution in [3.8, 4) is 0 Å². The lowest BCUT2D eigenvalue weighted by molar-refractivity contribution is -0.132. The van der Waals surface area contributed by atoms with E-state index in [0.717, 1.165) is 0 Å². The van der Waals surface area contributed by atoms with Crippen LogP contribution in [0.15, 0.2) is 48.7 Å². The quantitative estimate of drug-likeness (QED) is 0.856. The van der Waals surface area contributed by atoms with Crippen LogP contribution in [0.4, 0.5) is 4.39 Å². The van der Waals surface area contributed by atoms with Crippen LogP contribution in [0.2, 0.25) is 0 Å². The van der Waals surface area contributed by atoms with Crippen molar-refractivity contribution in [2.24, 2.45) is 0 Å². The predicted molar refractivity (Wildman–Crippen MR) is 91.4 cm³/mol. The molecular weight excluding hydrogens is 321 g/mol. The average molecular weight is 341 g/mol. The molecule has 2 amide bonds. The Morgan fingerprint density at radius 1 is 0.960 bits per heavy atom. The minimum atomic E-state index is -0.277. The summed E-state index contributed by atoms with van der Waals surface area (Å²) in [6.07, 6.45) is 2.25. The monoisotopic (exact) mass is 341 g/mol. The van der Waals surface area contributed by atoms with Gasteiger partial charge >= 0.3 is 0 Å². The lowest BCUT2D eigenvalue weighted by Gasteiger charge is -2.34. The number of benzene rings is 1. The molecule has 1 aromatic heterocycles. The molecule has 0 radical (unpaired) electrons. The standard InChI is InChI=1S/C19H20FN3O2/c20-16-6-2-1-5-15(16)8-9-18(24)22-11-13-23(14-12-22)19(25)17-7-3-4-10-21-17/h1-7,10H,8-9,11-14H2. The van der Waals surface area contributed by atoms with Crippen molar-refractivity contribution >= 4 is 11.8 Å². The zero-order valence-electron chi connectivity index (χ0n) is 13.9. The fourth-order valence-corrected chi connectivity index (χ4v) is 2.91. The van der Waals surface area contributed by atoms with E-state index in [-0.39, 0.29) is 24.1 Å². The zero-order valence-corrected chi connectivity index (χ0v) is 13.9. The summed E-state index contributed by atoms with van der Waals surface area (Å²) < 4.78 is 13.6. The molecule has 0 N–H and O–H groups in total.